The third-order valence-electron chi connectivity index (χ3n) is 11.8. The van der Waals surface area contributed by atoms with Crippen LogP contribution in [0.1, 0.15) is 109 Å². The maximum atomic E-state index is 16.8. The van der Waals surface area contributed by atoms with Crippen LogP contribution in [0.25, 0.3) is 10.9 Å². The number of pyridine rings is 1. The van der Waals surface area contributed by atoms with Crippen LogP contribution in [0, 0.1) is 12.8 Å². The number of alkyl carbamates (subject to hydrolysis) is 1. The first kappa shape index (κ1) is 39.8. The lowest BCUT2D eigenvalue weighted by Crippen LogP contribution is -2.58. The van der Waals surface area contributed by atoms with Gasteiger partial charge in [0.2, 0.25) is 21.8 Å². The van der Waals surface area contributed by atoms with Gasteiger partial charge in [-0.05, 0) is 91.3 Å². The number of aromatic nitrogens is 1. The van der Waals surface area contributed by atoms with E-state index < -0.39 is 79.5 Å². The molecule has 304 valence electrons. The summed E-state index contributed by atoms with van der Waals surface area (Å²) in [6.07, 6.45) is 4.95. The molecule has 0 bridgehead atoms. The molecule has 56 heavy (non-hydrogen) atoms. The van der Waals surface area contributed by atoms with E-state index in [1.165, 1.54) is 12.0 Å². The van der Waals surface area contributed by atoms with E-state index in [2.05, 4.69) is 20.3 Å². The second-order valence-corrected chi connectivity index (χ2v) is 19.6. The Labute approximate surface area is 326 Å². The largest absolute Gasteiger partial charge is 0.497 e. The average molecular weight is 798 g/mol. The number of fused-ring (bicyclic) bond motifs is 5. The van der Waals surface area contributed by atoms with Gasteiger partial charge in [-0.1, -0.05) is 25.0 Å². The number of amides is 4. The van der Waals surface area contributed by atoms with Crippen molar-refractivity contribution in [2.24, 2.45) is 5.92 Å². The Kier molecular flexibility index (Phi) is 10.1. The summed E-state index contributed by atoms with van der Waals surface area (Å²) in [5.74, 6) is -1.91. The van der Waals surface area contributed by atoms with E-state index in [1.807, 2.05) is 12.2 Å². The minimum Gasteiger partial charge on any atom is -0.497 e. The van der Waals surface area contributed by atoms with Crippen LogP contribution in [0.2, 0.25) is 0 Å². The Hall–Kier alpha value is -4.47. The van der Waals surface area contributed by atoms with E-state index in [4.69, 9.17) is 14.2 Å². The number of nitrogens with one attached hydrogen (secondary N) is 3. The molecule has 16 heteroatoms. The minimum absolute atomic E-state index is 0.145. The van der Waals surface area contributed by atoms with Gasteiger partial charge in [0.05, 0.1) is 29.6 Å². The van der Waals surface area contributed by atoms with Gasteiger partial charge in [0.1, 0.15) is 46.5 Å². The monoisotopic (exact) mass is 797 g/mol. The molecule has 6 atom stereocenters. The van der Waals surface area contributed by atoms with Gasteiger partial charge in [-0.2, -0.15) is 0 Å². The van der Waals surface area contributed by atoms with Gasteiger partial charge >= 0.3 is 6.09 Å². The summed E-state index contributed by atoms with van der Waals surface area (Å²) in [6.45, 7) is 8.19. The van der Waals surface area contributed by atoms with Crippen LogP contribution in [0.4, 0.5) is 9.18 Å². The quantitative estimate of drug-likeness (QED) is 0.350. The summed E-state index contributed by atoms with van der Waals surface area (Å²) in [4.78, 5) is 62.4. The Morgan fingerprint density at radius 1 is 1.11 bits per heavy atom. The van der Waals surface area contributed by atoms with Gasteiger partial charge in [-0.15, -0.1) is 0 Å². The standard InChI is InChI=1S/C40H52FN5O9S/c1-23-32-31(26-18-25(53-6)14-15-28(26)42-23)27(41)20-39(54-32)21-30-33(47)44-40(35(49)45-56(51,52)38(5)16-17-38)19-24(40)12-10-8-7-9-11-13-29(34(48)46(30)22-39)43-36(50)55-37(2,3)4/h10,12,14-15,18,24,27,29-30H,7-9,11,13,16-17,19-22H2,1-6H3,(H,43,50)(H,44,47)(H,45,49)/t24?,27-,29?,30+,39-,40?/m1/s1. The number of hydrogen-bond donors (Lipinski definition) is 3. The molecule has 0 radical (unpaired) electrons. The fourth-order valence-corrected chi connectivity index (χ4v) is 9.60. The highest BCUT2D eigenvalue weighted by Crippen LogP contribution is 2.52. The summed E-state index contributed by atoms with van der Waals surface area (Å²) in [5.41, 5.74) is -2.55. The highest BCUT2D eigenvalue weighted by molar-refractivity contribution is 7.91. The second-order valence-electron chi connectivity index (χ2n) is 17.4. The van der Waals surface area contributed by atoms with Crippen molar-refractivity contribution in [1.29, 1.82) is 0 Å². The van der Waals surface area contributed by atoms with Crippen LogP contribution >= 0.6 is 0 Å². The van der Waals surface area contributed by atoms with E-state index in [0.717, 1.165) is 12.8 Å². The van der Waals surface area contributed by atoms with Crippen molar-refractivity contribution < 1.29 is 46.2 Å². The van der Waals surface area contributed by atoms with Gasteiger partial charge in [-0.3, -0.25) is 19.1 Å². The van der Waals surface area contributed by atoms with Crippen molar-refractivity contribution in [3.05, 3.63) is 41.6 Å². The van der Waals surface area contributed by atoms with Crippen molar-refractivity contribution in [2.45, 2.75) is 139 Å². The minimum atomic E-state index is -4.04. The number of sulfonamides is 1. The molecule has 1 aromatic carbocycles. The molecule has 3 unspecified atom stereocenters. The summed E-state index contributed by atoms with van der Waals surface area (Å²) in [7, 11) is -2.52. The molecular formula is C40H52FN5O9S. The normalized spacial score (nSPS) is 30.1. The number of allylic oxidation sites excluding steroid dienone is 1. The third kappa shape index (κ3) is 7.52. The van der Waals surface area contributed by atoms with Crippen LogP contribution < -0.4 is 24.8 Å². The van der Waals surface area contributed by atoms with E-state index >= 15 is 4.39 Å². The molecule has 2 aromatic rings. The SMILES string of the molecule is COc1ccc2nc(C)c3c(c2c1)[C@H](F)C[C@]1(C[C@H]2C(=O)NC4(C(=O)NS(=O)(=O)C5(C)CC5)CC4C=CCCCCCC(NC(=O)OC(C)(C)C)C(=O)N2C1)O3. The van der Waals surface area contributed by atoms with E-state index in [-0.39, 0.29) is 38.0 Å². The zero-order valence-electron chi connectivity index (χ0n) is 32.8. The van der Waals surface area contributed by atoms with Crippen molar-refractivity contribution in [3.63, 3.8) is 0 Å². The maximum absolute atomic E-state index is 16.8. The number of methoxy groups -OCH3 is 1. The molecule has 2 aliphatic carbocycles. The number of benzene rings is 1. The van der Waals surface area contributed by atoms with Crippen molar-refractivity contribution in [3.8, 4) is 11.5 Å². The molecule has 1 spiro atoms. The number of nitrogens with zero attached hydrogens (tertiary/aromatic N) is 2. The molecule has 2 saturated carbocycles. The second kappa shape index (κ2) is 14.2. The Balaban J connectivity index is 1.26. The van der Waals surface area contributed by atoms with Crippen LogP contribution in [0.15, 0.2) is 30.4 Å². The molecule has 3 N–H and O–H groups in total. The molecule has 4 heterocycles. The average Bonchev–Trinajstić information content (AvgIpc) is 4.01. The molecule has 3 fully saturated rings. The van der Waals surface area contributed by atoms with Crippen LogP contribution in [0.3, 0.4) is 0 Å². The zero-order chi connectivity index (χ0) is 40.4. The van der Waals surface area contributed by atoms with Crippen LogP contribution in [-0.2, 0) is 29.1 Å². The number of aryl methyl sites for hydroxylation is 1. The Morgan fingerprint density at radius 2 is 1.86 bits per heavy atom. The fraction of sp³-hybridized carbons (Fsp3) is 0.625. The lowest BCUT2D eigenvalue weighted by atomic mass is 9.86. The summed E-state index contributed by atoms with van der Waals surface area (Å²) in [6, 6.07) is 2.82. The van der Waals surface area contributed by atoms with Crippen LogP contribution in [0.5, 0.6) is 11.5 Å². The number of halogens is 1. The predicted molar refractivity (Wildman–Crippen MR) is 204 cm³/mol. The zero-order valence-corrected chi connectivity index (χ0v) is 33.6. The summed E-state index contributed by atoms with van der Waals surface area (Å²) < 4.78 is 62.0. The van der Waals surface area contributed by atoms with E-state index in [0.29, 0.717) is 53.6 Å². The fourth-order valence-electron chi connectivity index (χ4n) is 8.29. The first-order valence-corrected chi connectivity index (χ1v) is 20.9. The highest BCUT2D eigenvalue weighted by atomic mass is 32.2. The smallest absolute Gasteiger partial charge is 0.408 e. The maximum Gasteiger partial charge on any atom is 0.408 e. The molecule has 5 aliphatic rings. The van der Waals surface area contributed by atoms with E-state index in [9.17, 15) is 27.6 Å². The van der Waals surface area contributed by atoms with Gasteiger partial charge < -0.3 is 29.7 Å². The number of carbonyl (C=O) groups is 4. The molecule has 1 saturated heterocycles. The highest BCUT2D eigenvalue weighted by Gasteiger charge is 2.64. The van der Waals surface area contributed by atoms with Crippen LogP contribution in [-0.4, -0.2) is 89.3 Å². The molecular weight excluding hydrogens is 746 g/mol. The van der Waals surface area contributed by atoms with Crippen molar-refractivity contribution in [2.75, 3.05) is 13.7 Å². The Morgan fingerprint density at radius 3 is 2.55 bits per heavy atom. The van der Waals surface area contributed by atoms with Crippen molar-refractivity contribution >= 4 is 44.7 Å². The van der Waals surface area contributed by atoms with Crippen molar-refractivity contribution in [1.82, 2.24) is 25.2 Å². The molecule has 1 aromatic heterocycles. The number of carbonyl (C=O) groups excluding carboxylic acids is 4. The van der Waals surface area contributed by atoms with Gasteiger partial charge in [-0.25, -0.2) is 22.6 Å². The molecule has 3 aliphatic heterocycles. The van der Waals surface area contributed by atoms with Gasteiger partial charge in [0, 0.05) is 29.7 Å². The predicted octanol–water partition coefficient (Wildman–Crippen LogP) is 4.97. The van der Waals surface area contributed by atoms with Gasteiger partial charge in [0.25, 0.3) is 5.91 Å². The third-order valence-corrected chi connectivity index (χ3v) is 14.0. The topological polar surface area (TPSA) is 182 Å². The lowest BCUT2D eigenvalue weighted by molar-refractivity contribution is -0.141. The molecule has 14 nitrogen and oxygen atoms in total. The number of hydrogen-bond acceptors (Lipinski definition) is 10. The number of ether oxygens (including phenoxy) is 3. The molecule has 4 amide bonds. The number of alkyl halides is 1. The van der Waals surface area contributed by atoms with Gasteiger partial charge in [0.15, 0.2) is 0 Å². The summed E-state index contributed by atoms with van der Waals surface area (Å²) >= 11 is 0. The lowest BCUT2D eigenvalue weighted by Gasteiger charge is -2.38. The first-order valence-electron chi connectivity index (χ1n) is 19.5. The first-order chi connectivity index (χ1) is 26.3. The van der Waals surface area contributed by atoms with E-state index in [1.54, 1.807) is 52.8 Å². The number of rotatable bonds is 5. The Bertz CT molecular complexity index is 2100. The molecule has 7 rings (SSSR count). The summed E-state index contributed by atoms with van der Waals surface area (Å²) in [5, 5.41) is 6.11.